The van der Waals surface area contributed by atoms with E-state index in [2.05, 4.69) is 4.72 Å². The highest BCUT2D eigenvalue weighted by Gasteiger charge is 2.23. The number of nitrogens with two attached hydrogens (primary N) is 1. The Hall–Kier alpha value is -1.69. The second-order valence-corrected chi connectivity index (χ2v) is 8.16. The van der Waals surface area contributed by atoms with Crippen molar-refractivity contribution in [2.75, 3.05) is 6.54 Å². The summed E-state index contributed by atoms with van der Waals surface area (Å²) in [5.74, 6) is -0.00718. The van der Waals surface area contributed by atoms with E-state index in [1.165, 1.54) is 0 Å². The minimum absolute atomic E-state index is 0.00718. The molecule has 0 unspecified atom stereocenters. The van der Waals surface area contributed by atoms with Crippen LogP contribution in [0, 0.1) is 0 Å². The predicted molar refractivity (Wildman–Crippen MR) is 94.4 cm³/mol. The van der Waals surface area contributed by atoms with Crippen molar-refractivity contribution in [2.45, 2.75) is 31.6 Å². The van der Waals surface area contributed by atoms with Gasteiger partial charge in [0.25, 0.3) is 0 Å². The van der Waals surface area contributed by atoms with Crippen LogP contribution in [0.1, 0.15) is 30.5 Å². The second kappa shape index (κ2) is 7.25. The van der Waals surface area contributed by atoms with Gasteiger partial charge in [0.15, 0.2) is 0 Å². The van der Waals surface area contributed by atoms with Crippen LogP contribution in [0.3, 0.4) is 0 Å². The lowest BCUT2D eigenvalue weighted by Crippen LogP contribution is -2.37. The van der Waals surface area contributed by atoms with Crippen molar-refractivity contribution >= 4 is 10.0 Å². The van der Waals surface area contributed by atoms with Gasteiger partial charge in [-0.25, -0.2) is 13.1 Å². The highest BCUT2D eigenvalue weighted by Crippen LogP contribution is 2.23. The van der Waals surface area contributed by atoms with E-state index in [1.54, 1.807) is 0 Å². The van der Waals surface area contributed by atoms with E-state index in [1.807, 2.05) is 68.4 Å². The molecule has 0 aliphatic carbocycles. The van der Waals surface area contributed by atoms with Gasteiger partial charge in [0.2, 0.25) is 10.0 Å². The molecule has 124 valence electrons. The molecule has 0 saturated carbocycles. The van der Waals surface area contributed by atoms with Crippen molar-refractivity contribution in [3.05, 3.63) is 71.3 Å². The molecule has 2 aromatic rings. The highest BCUT2D eigenvalue weighted by molar-refractivity contribution is 7.88. The third-order valence-electron chi connectivity index (χ3n) is 3.88. The summed E-state index contributed by atoms with van der Waals surface area (Å²) in [6.45, 7) is 4.86. The first-order chi connectivity index (χ1) is 10.8. The fourth-order valence-electron chi connectivity index (χ4n) is 2.36. The van der Waals surface area contributed by atoms with Gasteiger partial charge in [-0.2, -0.15) is 0 Å². The Balaban J connectivity index is 2.05. The molecule has 0 atom stereocenters. The van der Waals surface area contributed by atoms with Crippen molar-refractivity contribution < 1.29 is 8.42 Å². The Bertz CT molecular complexity index is 741. The van der Waals surface area contributed by atoms with Gasteiger partial charge >= 0.3 is 0 Å². The molecule has 0 radical (unpaired) electrons. The number of hydrogen-bond donors (Lipinski definition) is 2. The van der Waals surface area contributed by atoms with E-state index in [-0.39, 0.29) is 11.2 Å². The average Bonchev–Trinajstić information content (AvgIpc) is 2.54. The van der Waals surface area contributed by atoms with E-state index in [0.29, 0.717) is 13.1 Å². The zero-order valence-electron chi connectivity index (χ0n) is 13.6. The number of hydrogen-bond acceptors (Lipinski definition) is 3. The summed E-state index contributed by atoms with van der Waals surface area (Å²) >= 11 is 0. The molecule has 0 heterocycles. The van der Waals surface area contributed by atoms with Crippen molar-refractivity contribution in [3.8, 4) is 0 Å². The molecular formula is C18H24N2O2S. The van der Waals surface area contributed by atoms with Gasteiger partial charge in [-0.3, -0.25) is 0 Å². The van der Waals surface area contributed by atoms with Gasteiger partial charge in [0.1, 0.15) is 0 Å². The Morgan fingerprint density at radius 1 is 1.00 bits per heavy atom. The molecule has 5 heteroatoms. The number of sulfonamides is 1. The summed E-state index contributed by atoms with van der Waals surface area (Å²) in [7, 11) is -3.37. The van der Waals surface area contributed by atoms with E-state index < -0.39 is 10.0 Å². The van der Waals surface area contributed by atoms with Crippen LogP contribution in [0.4, 0.5) is 0 Å². The van der Waals surface area contributed by atoms with Crippen LogP contribution in [-0.4, -0.2) is 15.0 Å². The Kier molecular flexibility index (Phi) is 5.57. The van der Waals surface area contributed by atoms with Crippen LogP contribution < -0.4 is 10.5 Å². The molecule has 4 nitrogen and oxygen atoms in total. The van der Waals surface area contributed by atoms with Gasteiger partial charge in [-0.05, 0) is 16.7 Å². The van der Waals surface area contributed by atoms with Crippen molar-refractivity contribution in [1.29, 1.82) is 0 Å². The molecule has 23 heavy (non-hydrogen) atoms. The van der Waals surface area contributed by atoms with Crippen molar-refractivity contribution in [1.82, 2.24) is 4.72 Å². The summed E-state index contributed by atoms with van der Waals surface area (Å²) in [4.78, 5) is 0. The zero-order valence-corrected chi connectivity index (χ0v) is 14.4. The highest BCUT2D eigenvalue weighted by atomic mass is 32.2. The zero-order chi connectivity index (χ0) is 16.9. The largest absolute Gasteiger partial charge is 0.326 e. The standard InChI is InChI=1S/C18H24N2O2S/c1-18(2,17-10-6-9-16(11-17)12-19)14-20-23(21,22)13-15-7-4-3-5-8-15/h3-11,20H,12-14,19H2,1-2H3. The van der Waals surface area contributed by atoms with Crippen LogP contribution in [0.15, 0.2) is 54.6 Å². The summed E-state index contributed by atoms with van der Waals surface area (Å²) < 4.78 is 27.3. The fourth-order valence-corrected chi connectivity index (χ4v) is 3.67. The number of rotatable bonds is 7. The molecule has 0 spiro atoms. The third kappa shape index (κ3) is 5.16. The molecule has 0 saturated heterocycles. The lowest BCUT2D eigenvalue weighted by atomic mass is 9.84. The van der Waals surface area contributed by atoms with E-state index in [4.69, 9.17) is 5.73 Å². The summed E-state index contributed by atoms with van der Waals surface area (Å²) in [6, 6.07) is 17.1. The average molecular weight is 332 g/mol. The third-order valence-corrected chi connectivity index (χ3v) is 5.18. The lowest BCUT2D eigenvalue weighted by Gasteiger charge is -2.26. The molecule has 0 aliphatic heterocycles. The molecule has 0 bridgehead atoms. The first-order valence-electron chi connectivity index (χ1n) is 7.63. The Morgan fingerprint density at radius 3 is 2.30 bits per heavy atom. The maximum Gasteiger partial charge on any atom is 0.215 e. The van der Waals surface area contributed by atoms with Crippen LogP contribution in [0.25, 0.3) is 0 Å². The molecule has 0 fully saturated rings. The van der Waals surface area contributed by atoms with E-state index >= 15 is 0 Å². The van der Waals surface area contributed by atoms with E-state index in [9.17, 15) is 8.42 Å². The van der Waals surface area contributed by atoms with Gasteiger partial charge in [0.05, 0.1) is 5.75 Å². The fraction of sp³-hybridized carbons (Fsp3) is 0.333. The predicted octanol–water partition coefficient (Wildman–Crippen LogP) is 2.54. The van der Waals surface area contributed by atoms with Gasteiger partial charge in [-0.15, -0.1) is 0 Å². The van der Waals surface area contributed by atoms with Crippen LogP contribution in [0.2, 0.25) is 0 Å². The molecule has 0 aromatic heterocycles. The molecule has 3 N–H and O–H groups in total. The smallest absolute Gasteiger partial charge is 0.215 e. The first-order valence-corrected chi connectivity index (χ1v) is 9.28. The second-order valence-electron chi connectivity index (χ2n) is 6.35. The van der Waals surface area contributed by atoms with Gasteiger partial charge < -0.3 is 5.73 Å². The maximum absolute atomic E-state index is 12.3. The van der Waals surface area contributed by atoms with Crippen LogP contribution in [0.5, 0.6) is 0 Å². The topological polar surface area (TPSA) is 72.2 Å². The number of nitrogens with one attached hydrogen (secondary N) is 1. The normalized spacial score (nSPS) is 12.3. The van der Waals surface area contributed by atoms with Crippen molar-refractivity contribution in [2.24, 2.45) is 5.73 Å². The minimum Gasteiger partial charge on any atom is -0.326 e. The monoisotopic (exact) mass is 332 g/mol. The van der Waals surface area contributed by atoms with E-state index in [0.717, 1.165) is 16.7 Å². The maximum atomic E-state index is 12.3. The summed E-state index contributed by atoms with van der Waals surface area (Å²) in [5, 5.41) is 0. The van der Waals surface area contributed by atoms with Crippen LogP contribution >= 0.6 is 0 Å². The summed E-state index contributed by atoms with van der Waals surface area (Å²) in [6.07, 6.45) is 0. The molecule has 0 aliphatic rings. The Labute approximate surface area is 138 Å². The Morgan fingerprint density at radius 2 is 1.65 bits per heavy atom. The van der Waals surface area contributed by atoms with Crippen LogP contribution in [-0.2, 0) is 27.7 Å². The molecule has 2 aromatic carbocycles. The van der Waals surface area contributed by atoms with Gasteiger partial charge in [0, 0.05) is 18.5 Å². The quantitative estimate of drug-likeness (QED) is 0.818. The number of benzene rings is 2. The first kappa shape index (κ1) is 17.7. The minimum atomic E-state index is -3.37. The van der Waals surface area contributed by atoms with Gasteiger partial charge in [-0.1, -0.05) is 68.4 Å². The lowest BCUT2D eigenvalue weighted by molar-refractivity contribution is 0.501. The SMILES string of the molecule is CC(C)(CNS(=O)(=O)Cc1ccccc1)c1cccc(CN)c1. The summed E-state index contributed by atoms with van der Waals surface area (Å²) in [5.41, 5.74) is 8.27. The molecule has 2 rings (SSSR count). The molecule has 0 amide bonds. The molecular weight excluding hydrogens is 308 g/mol. The van der Waals surface area contributed by atoms with Crippen molar-refractivity contribution in [3.63, 3.8) is 0 Å².